The second-order valence-corrected chi connectivity index (χ2v) is 6.17. The quantitative estimate of drug-likeness (QED) is 0.644. The molecule has 0 aliphatic rings. The Morgan fingerprint density at radius 3 is 2.65 bits per heavy atom. The van der Waals surface area contributed by atoms with E-state index in [1.807, 2.05) is 18.2 Å². The Labute approximate surface area is 131 Å². The van der Waals surface area contributed by atoms with Crippen LogP contribution in [0.1, 0.15) is 17.4 Å². The molecular weight excluding hydrogens is 391 g/mol. The molecule has 2 nitrogen and oxygen atoms in total. The van der Waals surface area contributed by atoms with E-state index < -0.39 is 6.10 Å². The lowest BCUT2D eigenvalue weighted by atomic mass is 10.1. The zero-order valence-corrected chi connectivity index (χ0v) is 13.3. The van der Waals surface area contributed by atoms with Crippen molar-refractivity contribution in [3.63, 3.8) is 0 Å². The maximum atomic E-state index is 13.2. The lowest BCUT2D eigenvalue weighted by Crippen LogP contribution is -1.99. The van der Waals surface area contributed by atoms with Crippen LogP contribution in [0.15, 0.2) is 55.8 Å². The first-order chi connectivity index (χ1) is 9.54. The zero-order valence-electron chi connectivity index (χ0n) is 10.1. The average Bonchev–Trinajstić information content (AvgIpc) is 2.83. The molecule has 0 amide bonds. The van der Waals surface area contributed by atoms with Crippen molar-refractivity contribution in [2.24, 2.45) is 0 Å². The fraction of sp³-hybridized carbons (Fsp3) is 0.0667. The molecule has 5 heteroatoms. The number of benzene rings is 2. The summed E-state index contributed by atoms with van der Waals surface area (Å²) in [4.78, 5) is 0. The maximum Gasteiger partial charge on any atom is 0.138 e. The van der Waals surface area contributed by atoms with Gasteiger partial charge >= 0.3 is 0 Å². The van der Waals surface area contributed by atoms with Crippen molar-refractivity contribution in [2.75, 3.05) is 0 Å². The van der Waals surface area contributed by atoms with Crippen molar-refractivity contribution in [3.8, 4) is 0 Å². The van der Waals surface area contributed by atoms with Crippen molar-refractivity contribution >= 4 is 42.8 Å². The van der Waals surface area contributed by atoms with E-state index in [0.29, 0.717) is 22.3 Å². The molecule has 0 saturated heterocycles. The van der Waals surface area contributed by atoms with Crippen LogP contribution in [-0.2, 0) is 0 Å². The molecule has 3 rings (SSSR count). The van der Waals surface area contributed by atoms with Gasteiger partial charge in [0.2, 0.25) is 0 Å². The second kappa shape index (κ2) is 5.31. The van der Waals surface area contributed by atoms with Gasteiger partial charge in [-0.3, -0.25) is 0 Å². The van der Waals surface area contributed by atoms with Crippen LogP contribution in [0.3, 0.4) is 0 Å². The van der Waals surface area contributed by atoms with Gasteiger partial charge in [-0.15, -0.1) is 0 Å². The molecule has 0 fully saturated rings. The van der Waals surface area contributed by atoms with E-state index in [2.05, 4.69) is 31.9 Å². The summed E-state index contributed by atoms with van der Waals surface area (Å²) in [5.74, 6) is 0.0485. The molecule has 1 atom stereocenters. The summed E-state index contributed by atoms with van der Waals surface area (Å²) < 4.78 is 20.4. The predicted molar refractivity (Wildman–Crippen MR) is 82.1 cm³/mol. The SMILES string of the molecule is OC(c1cc2cc(F)ccc2o1)c1cc(Br)ccc1Br. The van der Waals surface area contributed by atoms with E-state index in [0.717, 1.165) is 8.95 Å². The van der Waals surface area contributed by atoms with Crippen molar-refractivity contribution in [1.29, 1.82) is 0 Å². The van der Waals surface area contributed by atoms with Gasteiger partial charge in [0.15, 0.2) is 0 Å². The highest BCUT2D eigenvalue weighted by Gasteiger charge is 2.18. The third-order valence-electron chi connectivity index (χ3n) is 3.02. The first-order valence-electron chi connectivity index (χ1n) is 5.86. The van der Waals surface area contributed by atoms with Crippen LogP contribution in [0, 0.1) is 5.82 Å². The number of hydrogen-bond donors (Lipinski definition) is 1. The molecular formula is C15H9Br2FO2. The topological polar surface area (TPSA) is 33.4 Å². The van der Waals surface area contributed by atoms with Gasteiger partial charge in [0.05, 0.1) is 0 Å². The van der Waals surface area contributed by atoms with Crippen LogP contribution in [0.5, 0.6) is 0 Å². The Morgan fingerprint density at radius 2 is 1.85 bits per heavy atom. The molecule has 0 spiro atoms. The first kappa shape index (κ1) is 13.8. The minimum absolute atomic E-state index is 0.331. The van der Waals surface area contributed by atoms with Crippen molar-refractivity contribution in [2.45, 2.75) is 6.10 Å². The summed E-state index contributed by atoms with van der Waals surface area (Å²) in [5, 5.41) is 11.1. The highest BCUT2D eigenvalue weighted by Crippen LogP contribution is 2.33. The normalized spacial score (nSPS) is 12.8. The maximum absolute atomic E-state index is 13.2. The van der Waals surface area contributed by atoms with E-state index in [1.54, 1.807) is 12.1 Å². The highest BCUT2D eigenvalue weighted by molar-refractivity contribution is 9.11. The Morgan fingerprint density at radius 1 is 1.05 bits per heavy atom. The standard InChI is InChI=1S/C15H9Br2FO2/c16-9-1-3-12(17)11(7-9)15(19)14-6-8-5-10(18)2-4-13(8)20-14/h1-7,15,19H. The molecule has 3 aromatic rings. The van der Waals surface area contributed by atoms with Crippen molar-refractivity contribution in [3.05, 3.63) is 68.6 Å². The van der Waals surface area contributed by atoms with Gasteiger partial charge in [0.25, 0.3) is 0 Å². The fourth-order valence-electron chi connectivity index (χ4n) is 2.05. The molecule has 2 aromatic carbocycles. The monoisotopic (exact) mass is 398 g/mol. The number of furan rings is 1. The van der Waals surface area contributed by atoms with Gasteiger partial charge in [0.1, 0.15) is 23.3 Å². The van der Waals surface area contributed by atoms with E-state index in [1.165, 1.54) is 12.1 Å². The van der Waals surface area contributed by atoms with Crippen LogP contribution in [0.2, 0.25) is 0 Å². The van der Waals surface area contributed by atoms with Gasteiger partial charge in [-0.05, 0) is 42.5 Å². The Kier molecular flexibility index (Phi) is 3.67. The third-order valence-corrected chi connectivity index (χ3v) is 4.23. The molecule has 20 heavy (non-hydrogen) atoms. The molecule has 1 aromatic heterocycles. The molecule has 0 radical (unpaired) electrons. The van der Waals surface area contributed by atoms with E-state index in [-0.39, 0.29) is 5.82 Å². The molecule has 0 aliphatic carbocycles. The predicted octanol–water partition coefficient (Wildman–Crippen LogP) is 5.18. The van der Waals surface area contributed by atoms with Crippen LogP contribution in [0.25, 0.3) is 11.0 Å². The molecule has 1 N–H and O–H groups in total. The lowest BCUT2D eigenvalue weighted by molar-refractivity contribution is 0.191. The molecule has 0 saturated carbocycles. The summed E-state index contributed by atoms with van der Waals surface area (Å²) in [6, 6.07) is 11.4. The van der Waals surface area contributed by atoms with Gasteiger partial charge in [0, 0.05) is 19.9 Å². The number of hydrogen-bond acceptors (Lipinski definition) is 2. The second-order valence-electron chi connectivity index (χ2n) is 4.40. The van der Waals surface area contributed by atoms with E-state index >= 15 is 0 Å². The molecule has 1 unspecified atom stereocenters. The van der Waals surface area contributed by atoms with Gasteiger partial charge in [-0.25, -0.2) is 4.39 Å². The average molecular weight is 400 g/mol. The smallest absolute Gasteiger partial charge is 0.138 e. The molecule has 0 bridgehead atoms. The van der Waals surface area contributed by atoms with Crippen molar-refractivity contribution in [1.82, 2.24) is 0 Å². The number of halogens is 3. The van der Waals surface area contributed by atoms with Crippen molar-refractivity contribution < 1.29 is 13.9 Å². The van der Waals surface area contributed by atoms with Crippen LogP contribution in [0.4, 0.5) is 4.39 Å². The van der Waals surface area contributed by atoms with Crippen LogP contribution in [-0.4, -0.2) is 5.11 Å². The number of fused-ring (bicyclic) bond motifs is 1. The Hall–Kier alpha value is -1.17. The summed E-state index contributed by atoms with van der Waals surface area (Å²) >= 11 is 6.77. The number of aliphatic hydroxyl groups is 1. The van der Waals surface area contributed by atoms with E-state index in [4.69, 9.17) is 4.42 Å². The Balaban J connectivity index is 2.07. The molecule has 1 heterocycles. The molecule has 102 valence electrons. The Bertz CT molecular complexity index is 783. The summed E-state index contributed by atoms with van der Waals surface area (Å²) in [5.41, 5.74) is 1.23. The van der Waals surface area contributed by atoms with Crippen LogP contribution < -0.4 is 0 Å². The number of aliphatic hydroxyl groups excluding tert-OH is 1. The minimum Gasteiger partial charge on any atom is -0.458 e. The van der Waals surface area contributed by atoms with E-state index in [9.17, 15) is 9.50 Å². The van der Waals surface area contributed by atoms with Gasteiger partial charge in [-0.1, -0.05) is 31.9 Å². The summed E-state index contributed by atoms with van der Waals surface area (Å²) in [6.45, 7) is 0. The fourth-order valence-corrected chi connectivity index (χ4v) is 2.89. The van der Waals surface area contributed by atoms with Gasteiger partial charge < -0.3 is 9.52 Å². The summed E-state index contributed by atoms with van der Waals surface area (Å²) in [6.07, 6.45) is -0.919. The largest absolute Gasteiger partial charge is 0.458 e. The minimum atomic E-state index is -0.919. The third kappa shape index (κ3) is 2.53. The van der Waals surface area contributed by atoms with Gasteiger partial charge in [-0.2, -0.15) is 0 Å². The first-order valence-corrected chi connectivity index (χ1v) is 7.45. The zero-order chi connectivity index (χ0) is 14.3. The lowest BCUT2D eigenvalue weighted by Gasteiger charge is -2.10. The highest BCUT2D eigenvalue weighted by atomic mass is 79.9. The summed E-state index contributed by atoms with van der Waals surface area (Å²) in [7, 11) is 0. The number of rotatable bonds is 2. The molecule has 0 aliphatic heterocycles. The van der Waals surface area contributed by atoms with Crippen LogP contribution >= 0.6 is 31.9 Å².